The summed E-state index contributed by atoms with van der Waals surface area (Å²) >= 11 is 0. The Kier molecular flexibility index (Phi) is 4.63. The lowest BCUT2D eigenvalue weighted by atomic mass is 9.85. The molecule has 0 radical (unpaired) electrons. The van der Waals surface area contributed by atoms with Gasteiger partial charge < -0.3 is 5.32 Å². The molecule has 0 aromatic heterocycles. The maximum atomic E-state index is 13.3. The van der Waals surface area contributed by atoms with Crippen LogP contribution in [0.4, 0.5) is 13.2 Å². The zero-order valence-electron chi connectivity index (χ0n) is 12.8. The summed E-state index contributed by atoms with van der Waals surface area (Å²) in [5.41, 5.74) is 0.317. The zero-order valence-corrected chi connectivity index (χ0v) is 12.8. The first-order valence-corrected chi connectivity index (χ1v) is 7.31. The number of hydrogen-bond donors (Lipinski definition) is 1. The van der Waals surface area contributed by atoms with Crippen molar-refractivity contribution in [1.29, 1.82) is 0 Å². The number of rotatable bonds is 2. The molecular weight excluding hydrogens is 277 g/mol. The molecule has 2 nitrogen and oxygen atoms in total. The molecule has 1 aromatic carbocycles. The van der Waals surface area contributed by atoms with Crippen molar-refractivity contribution in [3.63, 3.8) is 0 Å². The van der Waals surface area contributed by atoms with E-state index in [0.717, 1.165) is 31.7 Å². The standard InChI is InChI=1S/C16H23F3N2/c1-15(2,3)13-5-4-12(14(10-13)16(17,18)19)11-21-8-6-20-7-9-21/h4-5,10,20H,6-9,11H2,1-3H3. The summed E-state index contributed by atoms with van der Waals surface area (Å²) in [6.07, 6.45) is -4.30. The first-order valence-electron chi connectivity index (χ1n) is 7.31. The second-order valence-electron chi connectivity index (χ2n) is 6.65. The van der Waals surface area contributed by atoms with Crippen LogP contribution in [0.25, 0.3) is 0 Å². The monoisotopic (exact) mass is 300 g/mol. The largest absolute Gasteiger partial charge is 0.416 e. The van der Waals surface area contributed by atoms with E-state index in [1.807, 2.05) is 26.8 Å². The quantitative estimate of drug-likeness (QED) is 0.900. The second kappa shape index (κ2) is 5.97. The first kappa shape index (κ1) is 16.3. The molecule has 0 unspecified atom stereocenters. The Morgan fingerprint density at radius 3 is 2.24 bits per heavy atom. The van der Waals surface area contributed by atoms with E-state index in [2.05, 4.69) is 10.2 Å². The molecule has 1 aliphatic rings. The summed E-state index contributed by atoms with van der Waals surface area (Å²) in [4.78, 5) is 2.07. The van der Waals surface area contributed by atoms with Crippen LogP contribution in [0.1, 0.15) is 37.5 Å². The van der Waals surface area contributed by atoms with E-state index in [1.54, 1.807) is 6.07 Å². The number of piperazine rings is 1. The van der Waals surface area contributed by atoms with Crippen molar-refractivity contribution < 1.29 is 13.2 Å². The number of nitrogens with one attached hydrogen (secondary N) is 1. The molecule has 1 N–H and O–H groups in total. The summed E-state index contributed by atoms with van der Waals surface area (Å²) in [7, 11) is 0. The fourth-order valence-corrected chi connectivity index (χ4v) is 2.55. The molecule has 0 bridgehead atoms. The average molecular weight is 300 g/mol. The van der Waals surface area contributed by atoms with E-state index in [9.17, 15) is 13.2 Å². The highest BCUT2D eigenvalue weighted by atomic mass is 19.4. The molecular formula is C16H23F3N2. The fourth-order valence-electron chi connectivity index (χ4n) is 2.55. The predicted octanol–water partition coefficient (Wildman–Crippen LogP) is 3.41. The van der Waals surface area contributed by atoms with E-state index >= 15 is 0 Å². The van der Waals surface area contributed by atoms with Gasteiger partial charge in [-0.3, -0.25) is 4.90 Å². The van der Waals surface area contributed by atoms with Gasteiger partial charge in [0, 0.05) is 32.7 Å². The Morgan fingerprint density at radius 1 is 1.10 bits per heavy atom. The molecule has 0 aliphatic carbocycles. The van der Waals surface area contributed by atoms with Crippen LogP contribution in [0.3, 0.4) is 0 Å². The van der Waals surface area contributed by atoms with Gasteiger partial charge in [-0.25, -0.2) is 0 Å². The van der Waals surface area contributed by atoms with Gasteiger partial charge in [0.25, 0.3) is 0 Å². The third-order valence-corrected chi connectivity index (χ3v) is 3.88. The molecule has 0 amide bonds. The molecule has 0 spiro atoms. The second-order valence-corrected chi connectivity index (χ2v) is 6.65. The Hall–Kier alpha value is -1.07. The van der Waals surface area contributed by atoms with Crippen molar-refractivity contribution in [3.05, 3.63) is 34.9 Å². The van der Waals surface area contributed by atoms with Crippen molar-refractivity contribution in [2.24, 2.45) is 0 Å². The van der Waals surface area contributed by atoms with Gasteiger partial charge >= 0.3 is 6.18 Å². The van der Waals surface area contributed by atoms with Crippen LogP contribution in [0.2, 0.25) is 0 Å². The van der Waals surface area contributed by atoms with Crippen LogP contribution >= 0.6 is 0 Å². The van der Waals surface area contributed by atoms with Gasteiger partial charge in [-0.15, -0.1) is 0 Å². The summed E-state index contributed by atoms with van der Waals surface area (Å²) in [5, 5.41) is 3.21. The van der Waals surface area contributed by atoms with Gasteiger partial charge in [0.1, 0.15) is 0 Å². The topological polar surface area (TPSA) is 15.3 Å². The van der Waals surface area contributed by atoms with Gasteiger partial charge in [0.15, 0.2) is 0 Å². The maximum absolute atomic E-state index is 13.3. The highest BCUT2D eigenvalue weighted by Crippen LogP contribution is 2.35. The molecule has 2 rings (SSSR count). The minimum absolute atomic E-state index is 0.284. The summed E-state index contributed by atoms with van der Waals surface area (Å²) in [6, 6.07) is 4.79. The van der Waals surface area contributed by atoms with E-state index < -0.39 is 11.7 Å². The number of halogens is 3. The average Bonchev–Trinajstić information content (AvgIpc) is 2.38. The minimum atomic E-state index is -4.30. The summed E-state index contributed by atoms with van der Waals surface area (Å²) in [6.45, 7) is 9.40. The molecule has 5 heteroatoms. The van der Waals surface area contributed by atoms with Gasteiger partial charge in [0.2, 0.25) is 0 Å². The third-order valence-electron chi connectivity index (χ3n) is 3.88. The molecule has 1 heterocycles. The Morgan fingerprint density at radius 2 is 1.71 bits per heavy atom. The van der Waals surface area contributed by atoms with Crippen molar-refractivity contribution in [2.75, 3.05) is 26.2 Å². The van der Waals surface area contributed by atoms with Gasteiger partial charge in [0.05, 0.1) is 5.56 Å². The highest BCUT2D eigenvalue weighted by Gasteiger charge is 2.34. The summed E-state index contributed by atoms with van der Waals surface area (Å²) < 4.78 is 40.0. The SMILES string of the molecule is CC(C)(C)c1ccc(CN2CCNCC2)c(C(F)(F)F)c1. The lowest BCUT2D eigenvalue weighted by Crippen LogP contribution is -2.43. The molecule has 118 valence electrons. The lowest BCUT2D eigenvalue weighted by molar-refractivity contribution is -0.138. The molecule has 1 aliphatic heterocycles. The maximum Gasteiger partial charge on any atom is 0.416 e. The van der Waals surface area contributed by atoms with Crippen molar-refractivity contribution >= 4 is 0 Å². The number of hydrogen-bond acceptors (Lipinski definition) is 2. The summed E-state index contributed by atoms with van der Waals surface area (Å²) in [5.74, 6) is 0. The van der Waals surface area contributed by atoms with Gasteiger partial charge in [-0.2, -0.15) is 13.2 Å². The Bertz CT molecular complexity index is 483. The van der Waals surface area contributed by atoms with Gasteiger partial charge in [-0.1, -0.05) is 32.9 Å². The number of nitrogens with zero attached hydrogens (tertiary/aromatic N) is 1. The Labute approximate surface area is 124 Å². The van der Waals surface area contributed by atoms with E-state index in [0.29, 0.717) is 12.1 Å². The van der Waals surface area contributed by atoms with Crippen LogP contribution in [-0.2, 0) is 18.1 Å². The molecule has 1 aromatic rings. The first-order chi connectivity index (χ1) is 9.68. The minimum Gasteiger partial charge on any atom is -0.314 e. The fraction of sp³-hybridized carbons (Fsp3) is 0.625. The van der Waals surface area contributed by atoms with Gasteiger partial charge in [-0.05, 0) is 22.6 Å². The highest BCUT2D eigenvalue weighted by molar-refractivity contribution is 5.37. The molecule has 0 atom stereocenters. The van der Waals surface area contributed by atoms with E-state index in [1.165, 1.54) is 6.07 Å². The Balaban J connectivity index is 2.31. The normalized spacial score (nSPS) is 18.0. The van der Waals surface area contributed by atoms with Crippen LogP contribution in [0.5, 0.6) is 0 Å². The third kappa shape index (κ3) is 4.20. The van der Waals surface area contributed by atoms with Crippen LogP contribution in [0.15, 0.2) is 18.2 Å². The zero-order chi connectivity index (χ0) is 15.7. The number of benzene rings is 1. The van der Waals surface area contributed by atoms with Crippen molar-refractivity contribution in [3.8, 4) is 0 Å². The molecule has 21 heavy (non-hydrogen) atoms. The van der Waals surface area contributed by atoms with E-state index in [-0.39, 0.29) is 5.41 Å². The van der Waals surface area contributed by atoms with Crippen LogP contribution in [0, 0.1) is 0 Å². The molecule has 0 saturated carbocycles. The van der Waals surface area contributed by atoms with Crippen LogP contribution in [-0.4, -0.2) is 31.1 Å². The smallest absolute Gasteiger partial charge is 0.314 e. The predicted molar refractivity (Wildman–Crippen MR) is 78.3 cm³/mol. The van der Waals surface area contributed by atoms with Crippen molar-refractivity contribution in [2.45, 2.75) is 38.9 Å². The van der Waals surface area contributed by atoms with Crippen LogP contribution < -0.4 is 5.32 Å². The van der Waals surface area contributed by atoms with Crippen molar-refractivity contribution in [1.82, 2.24) is 10.2 Å². The number of alkyl halides is 3. The molecule has 1 fully saturated rings. The van der Waals surface area contributed by atoms with E-state index in [4.69, 9.17) is 0 Å². The lowest BCUT2D eigenvalue weighted by Gasteiger charge is -2.29. The molecule has 1 saturated heterocycles.